The second-order valence-electron chi connectivity index (χ2n) is 8.81. The lowest BCUT2D eigenvalue weighted by molar-refractivity contribution is 0.0974. The highest BCUT2D eigenvalue weighted by Crippen LogP contribution is 2.34. The van der Waals surface area contributed by atoms with Gasteiger partial charge in [-0.2, -0.15) is 0 Å². The molecule has 3 aliphatic rings. The van der Waals surface area contributed by atoms with Gasteiger partial charge in [0.1, 0.15) is 5.76 Å². The van der Waals surface area contributed by atoms with Crippen molar-refractivity contribution in [1.82, 2.24) is 0 Å². The van der Waals surface area contributed by atoms with E-state index in [0.717, 1.165) is 0 Å². The molecule has 0 aromatic heterocycles. The van der Waals surface area contributed by atoms with Crippen molar-refractivity contribution in [3.8, 4) is 0 Å². The molecule has 0 heterocycles. The van der Waals surface area contributed by atoms with Gasteiger partial charge in [0, 0.05) is 33.4 Å². The summed E-state index contributed by atoms with van der Waals surface area (Å²) >= 11 is 0. The molecule has 0 amide bonds. The molecular formula is C31H16O6. The van der Waals surface area contributed by atoms with E-state index in [2.05, 4.69) is 0 Å². The zero-order valence-corrected chi connectivity index (χ0v) is 19.1. The number of carbonyl (C=O) groups is 5. The first kappa shape index (κ1) is 22.2. The van der Waals surface area contributed by atoms with Gasteiger partial charge in [0.15, 0.2) is 28.9 Å². The molecule has 0 saturated heterocycles. The summed E-state index contributed by atoms with van der Waals surface area (Å²) in [5, 5.41) is 10.8. The number of carbonyl (C=O) groups excluding carboxylic acids is 5. The highest BCUT2D eigenvalue weighted by atomic mass is 16.3. The highest BCUT2D eigenvalue weighted by molar-refractivity contribution is 6.41. The Morgan fingerprint density at radius 3 is 1.16 bits per heavy atom. The van der Waals surface area contributed by atoms with Gasteiger partial charge in [0.2, 0.25) is 0 Å². The smallest absolute Gasteiger partial charge is 0.197 e. The molecule has 3 aromatic rings. The lowest BCUT2D eigenvalue weighted by Gasteiger charge is -2.02. The molecule has 1 N–H and O–H groups in total. The Labute approximate surface area is 210 Å². The van der Waals surface area contributed by atoms with Gasteiger partial charge in [-0.1, -0.05) is 72.8 Å². The number of rotatable bonds is 3. The van der Waals surface area contributed by atoms with E-state index in [1.165, 1.54) is 18.2 Å². The summed E-state index contributed by atoms with van der Waals surface area (Å²) in [6.07, 6.45) is 3.82. The molecule has 0 saturated carbocycles. The van der Waals surface area contributed by atoms with Crippen LogP contribution in [0.5, 0.6) is 0 Å². The van der Waals surface area contributed by atoms with E-state index in [4.69, 9.17) is 0 Å². The number of aliphatic hydroxyl groups excluding tert-OH is 1. The second-order valence-corrected chi connectivity index (χ2v) is 8.81. The molecule has 3 aliphatic carbocycles. The number of hydrogen-bond acceptors (Lipinski definition) is 6. The average molecular weight is 484 g/mol. The van der Waals surface area contributed by atoms with Gasteiger partial charge in [-0.15, -0.1) is 0 Å². The fraction of sp³-hybridized carbons (Fsp3) is 0. The minimum absolute atomic E-state index is 0.0734. The van der Waals surface area contributed by atoms with Crippen molar-refractivity contribution >= 4 is 34.7 Å². The third-order valence-corrected chi connectivity index (χ3v) is 6.67. The van der Waals surface area contributed by atoms with E-state index in [1.54, 1.807) is 72.8 Å². The summed E-state index contributed by atoms with van der Waals surface area (Å²) in [5.74, 6) is -2.74. The van der Waals surface area contributed by atoms with Gasteiger partial charge in [-0.3, -0.25) is 24.0 Å². The minimum atomic E-state index is -0.503. The van der Waals surface area contributed by atoms with Crippen LogP contribution in [0.1, 0.15) is 57.4 Å². The monoisotopic (exact) mass is 484 g/mol. The van der Waals surface area contributed by atoms with E-state index in [0.29, 0.717) is 11.1 Å². The average Bonchev–Trinajstić information content (AvgIpc) is 3.42. The number of aliphatic hydroxyl groups is 1. The van der Waals surface area contributed by atoms with Crippen molar-refractivity contribution < 1.29 is 29.1 Å². The number of hydrogen-bond donors (Lipinski definition) is 1. The van der Waals surface area contributed by atoms with Crippen LogP contribution in [0.2, 0.25) is 0 Å². The highest BCUT2D eigenvalue weighted by Gasteiger charge is 2.35. The van der Waals surface area contributed by atoms with Crippen molar-refractivity contribution in [1.29, 1.82) is 0 Å². The van der Waals surface area contributed by atoms with Gasteiger partial charge < -0.3 is 5.11 Å². The Bertz CT molecular complexity index is 1600. The predicted molar refractivity (Wildman–Crippen MR) is 135 cm³/mol. The van der Waals surface area contributed by atoms with Crippen LogP contribution in [0.15, 0.2) is 113 Å². The normalized spacial score (nSPS) is 15.7. The zero-order chi connectivity index (χ0) is 25.8. The molecule has 6 rings (SSSR count). The van der Waals surface area contributed by atoms with E-state index in [1.807, 2.05) is 0 Å². The summed E-state index contributed by atoms with van der Waals surface area (Å²) in [5.41, 5.74) is 1.31. The molecule has 0 unspecified atom stereocenters. The van der Waals surface area contributed by atoms with Crippen LogP contribution >= 0.6 is 0 Å². The SMILES string of the molecule is O=C1C(=CC(=CC2=C(O)c3ccccc3C2=O)C=C2C(=O)c3ccccc3C2=O)C(=O)c2ccccc21. The third-order valence-electron chi connectivity index (χ3n) is 6.67. The van der Waals surface area contributed by atoms with Crippen LogP contribution < -0.4 is 0 Å². The van der Waals surface area contributed by atoms with Gasteiger partial charge in [-0.05, 0) is 23.8 Å². The lowest BCUT2D eigenvalue weighted by atomic mass is 9.99. The van der Waals surface area contributed by atoms with Crippen LogP contribution in [-0.2, 0) is 0 Å². The van der Waals surface area contributed by atoms with E-state index >= 15 is 0 Å². The fourth-order valence-corrected chi connectivity index (χ4v) is 4.85. The Morgan fingerprint density at radius 1 is 0.486 bits per heavy atom. The van der Waals surface area contributed by atoms with E-state index in [9.17, 15) is 29.1 Å². The lowest BCUT2D eigenvalue weighted by Crippen LogP contribution is -2.04. The summed E-state index contributed by atoms with van der Waals surface area (Å²) < 4.78 is 0. The molecule has 6 nitrogen and oxygen atoms in total. The number of benzene rings is 3. The van der Waals surface area contributed by atoms with Crippen LogP contribution in [0.3, 0.4) is 0 Å². The molecule has 0 spiro atoms. The number of ketones is 5. The summed E-state index contributed by atoms with van der Waals surface area (Å²) in [6.45, 7) is 0. The van der Waals surface area contributed by atoms with Gasteiger partial charge in [0.05, 0.1) is 16.7 Å². The summed E-state index contributed by atoms with van der Waals surface area (Å²) in [4.78, 5) is 65.2. The minimum Gasteiger partial charge on any atom is -0.507 e. The van der Waals surface area contributed by atoms with Crippen molar-refractivity contribution in [2.75, 3.05) is 0 Å². The van der Waals surface area contributed by atoms with E-state index < -0.39 is 28.9 Å². The van der Waals surface area contributed by atoms with Gasteiger partial charge in [-0.25, -0.2) is 0 Å². The fourth-order valence-electron chi connectivity index (χ4n) is 4.85. The molecule has 0 aliphatic heterocycles. The standard InChI is InChI=1S/C31H16O6/c32-26-17-7-1-2-8-18(17)27(33)23(26)13-16(14-24-28(34)19-9-3-4-10-20(19)29(24)35)15-25-30(36)21-11-5-6-12-22(21)31(25)37/h1-15,32H. The Morgan fingerprint density at radius 2 is 0.811 bits per heavy atom. The molecule has 0 atom stereocenters. The number of Topliss-reactive ketones (excluding diaryl/α,β-unsaturated/α-hetero) is 5. The first-order chi connectivity index (χ1) is 17.9. The summed E-state index contributed by atoms with van der Waals surface area (Å²) in [6, 6.07) is 19.3. The molecule has 0 bridgehead atoms. The maximum atomic E-state index is 13.1. The predicted octanol–water partition coefficient (Wildman–Crippen LogP) is 5.09. The molecule has 0 fully saturated rings. The largest absolute Gasteiger partial charge is 0.507 e. The third kappa shape index (κ3) is 3.31. The summed E-state index contributed by atoms with van der Waals surface area (Å²) in [7, 11) is 0. The van der Waals surface area contributed by atoms with Crippen LogP contribution in [0.4, 0.5) is 0 Å². The van der Waals surface area contributed by atoms with Crippen molar-refractivity contribution in [3.05, 3.63) is 147 Å². The first-order valence-electron chi connectivity index (χ1n) is 11.5. The van der Waals surface area contributed by atoms with E-state index in [-0.39, 0.29) is 50.3 Å². The molecular weight excluding hydrogens is 468 g/mol. The quantitative estimate of drug-likeness (QED) is 0.410. The molecule has 3 aromatic carbocycles. The zero-order valence-electron chi connectivity index (χ0n) is 19.1. The molecule has 6 heteroatoms. The molecule has 0 radical (unpaired) electrons. The Hall–Kier alpha value is -5.23. The topological polar surface area (TPSA) is 106 Å². The van der Waals surface area contributed by atoms with Crippen molar-refractivity contribution in [3.63, 3.8) is 0 Å². The maximum absolute atomic E-state index is 13.1. The van der Waals surface area contributed by atoms with Crippen LogP contribution in [0, 0.1) is 0 Å². The van der Waals surface area contributed by atoms with Crippen LogP contribution in [0.25, 0.3) is 5.76 Å². The first-order valence-corrected chi connectivity index (χ1v) is 11.5. The van der Waals surface area contributed by atoms with Crippen molar-refractivity contribution in [2.24, 2.45) is 0 Å². The van der Waals surface area contributed by atoms with Crippen molar-refractivity contribution in [2.45, 2.75) is 0 Å². The van der Waals surface area contributed by atoms with Gasteiger partial charge in [0.25, 0.3) is 0 Å². The number of fused-ring (bicyclic) bond motifs is 3. The Kier molecular flexibility index (Phi) is 4.91. The molecule has 176 valence electrons. The Balaban J connectivity index is 1.53. The second kappa shape index (κ2) is 8.17. The maximum Gasteiger partial charge on any atom is 0.197 e. The van der Waals surface area contributed by atoms with Crippen LogP contribution in [-0.4, -0.2) is 34.0 Å². The van der Waals surface area contributed by atoms with Gasteiger partial charge >= 0.3 is 0 Å². The number of allylic oxidation sites excluding steroid dienone is 7. The molecule has 37 heavy (non-hydrogen) atoms.